The number of amides is 1. The van der Waals surface area contributed by atoms with Gasteiger partial charge in [0, 0.05) is 23.6 Å². The molecular formula is C21H24N2O. The summed E-state index contributed by atoms with van der Waals surface area (Å²) >= 11 is 0. The van der Waals surface area contributed by atoms with E-state index in [-0.39, 0.29) is 5.91 Å². The third-order valence-corrected chi connectivity index (χ3v) is 4.70. The van der Waals surface area contributed by atoms with Gasteiger partial charge < -0.3 is 10.3 Å². The van der Waals surface area contributed by atoms with E-state index in [1.807, 2.05) is 44.3 Å². The van der Waals surface area contributed by atoms with Crippen LogP contribution in [-0.2, 0) is 16.6 Å². The van der Waals surface area contributed by atoms with Gasteiger partial charge in [0.15, 0.2) is 0 Å². The molecule has 0 aliphatic rings. The van der Waals surface area contributed by atoms with Crippen LogP contribution >= 0.6 is 0 Å². The lowest BCUT2D eigenvalue weighted by atomic mass is 9.83. The van der Waals surface area contributed by atoms with Gasteiger partial charge in [-0.2, -0.15) is 0 Å². The summed E-state index contributed by atoms with van der Waals surface area (Å²) in [6.07, 6.45) is 2.85. The van der Waals surface area contributed by atoms with Crippen LogP contribution in [0, 0.1) is 6.92 Å². The molecule has 1 amide bonds. The molecule has 0 bridgehead atoms. The van der Waals surface area contributed by atoms with Crippen molar-refractivity contribution >= 4 is 16.8 Å². The van der Waals surface area contributed by atoms with Crippen LogP contribution in [0.5, 0.6) is 0 Å². The number of carbonyl (C=O) groups is 1. The van der Waals surface area contributed by atoms with Crippen LogP contribution in [0.3, 0.4) is 0 Å². The van der Waals surface area contributed by atoms with Crippen LogP contribution in [0.2, 0.25) is 0 Å². The predicted molar refractivity (Wildman–Crippen MR) is 99.2 cm³/mol. The number of fused-ring (bicyclic) bond motifs is 1. The van der Waals surface area contributed by atoms with Gasteiger partial charge in [0.05, 0.1) is 5.41 Å². The Morgan fingerprint density at radius 2 is 1.79 bits per heavy atom. The number of hydrogen-bond acceptors (Lipinski definition) is 1. The Hall–Kier alpha value is -2.55. The van der Waals surface area contributed by atoms with Crippen LogP contribution in [0.25, 0.3) is 10.9 Å². The van der Waals surface area contributed by atoms with Gasteiger partial charge in [-0.3, -0.25) is 4.79 Å². The summed E-state index contributed by atoms with van der Waals surface area (Å²) in [6, 6.07) is 16.4. The van der Waals surface area contributed by atoms with Gasteiger partial charge in [0.2, 0.25) is 5.91 Å². The minimum Gasteiger partial charge on any atom is -0.361 e. The monoisotopic (exact) mass is 320 g/mol. The minimum absolute atomic E-state index is 0.0613. The number of benzene rings is 2. The van der Waals surface area contributed by atoms with Crippen LogP contribution in [0.15, 0.2) is 54.7 Å². The standard InChI is InChI=1S/C21H24N2O/c1-15-8-10-17(11-9-15)21(2,3)20(24)22-13-12-16-14-23-19-7-5-4-6-18(16)19/h4-11,14,23H,12-13H2,1-3H3,(H,22,24). The Balaban J connectivity index is 1.63. The van der Waals surface area contributed by atoms with E-state index in [0.29, 0.717) is 6.54 Å². The number of rotatable bonds is 5. The molecule has 0 atom stereocenters. The molecule has 0 radical (unpaired) electrons. The van der Waals surface area contributed by atoms with Crippen molar-refractivity contribution in [3.63, 3.8) is 0 Å². The van der Waals surface area contributed by atoms with Crippen molar-refractivity contribution in [2.45, 2.75) is 32.6 Å². The number of aromatic amines is 1. The van der Waals surface area contributed by atoms with Gasteiger partial charge in [-0.25, -0.2) is 0 Å². The summed E-state index contributed by atoms with van der Waals surface area (Å²) in [4.78, 5) is 15.9. The first-order chi connectivity index (χ1) is 11.5. The van der Waals surface area contributed by atoms with Crippen molar-refractivity contribution in [2.75, 3.05) is 6.54 Å². The van der Waals surface area contributed by atoms with E-state index in [4.69, 9.17) is 0 Å². The topological polar surface area (TPSA) is 44.9 Å². The maximum absolute atomic E-state index is 12.6. The minimum atomic E-state index is -0.534. The maximum atomic E-state index is 12.6. The zero-order chi connectivity index (χ0) is 17.2. The fourth-order valence-electron chi connectivity index (χ4n) is 2.97. The smallest absolute Gasteiger partial charge is 0.230 e. The van der Waals surface area contributed by atoms with Gasteiger partial charge in [0.25, 0.3) is 0 Å². The second kappa shape index (κ2) is 6.52. The van der Waals surface area contributed by atoms with Crippen LogP contribution in [-0.4, -0.2) is 17.4 Å². The van der Waals surface area contributed by atoms with Crippen LogP contribution < -0.4 is 5.32 Å². The number of aryl methyl sites for hydroxylation is 1. The van der Waals surface area contributed by atoms with E-state index >= 15 is 0 Å². The number of para-hydroxylation sites is 1. The van der Waals surface area contributed by atoms with E-state index in [1.165, 1.54) is 16.5 Å². The molecule has 1 aromatic heterocycles. The van der Waals surface area contributed by atoms with Gasteiger partial charge >= 0.3 is 0 Å². The summed E-state index contributed by atoms with van der Waals surface area (Å²) in [6.45, 7) is 6.63. The highest BCUT2D eigenvalue weighted by Gasteiger charge is 2.29. The molecular weight excluding hydrogens is 296 g/mol. The number of aromatic nitrogens is 1. The molecule has 0 spiro atoms. The van der Waals surface area contributed by atoms with E-state index in [0.717, 1.165) is 17.5 Å². The Bertz CT molecular complexity index is 844. The molecule has 3 rings (SSSR count). The first kappa shape index (κ1) is 16.3. The Kier molecular flexibility index (Phi) is 4.43. The van der Waals surface area contributed by atoms with Crippen molar-refractivity contribution in [3.8, 4) is 0 Å². The largest absolute Gasteiger partial charge is 0.361 e. The molecule has 0 saturated carbocycles. The molecule has 24 heavy (non-hydrogen) atoms. The second-order valence-electron chi connectivity index (χ2n) is 6.86. The fraction of sp³-hybridized carbons (Fsp3) is 0.286. The van der Waals surface area contributed by atoms with Crippen molar-refractivity contribution in [1.82, 2.24) is 10.3 Å². The van der Waals surface area contributed by atoms with E-state index in [1.54, 1.807) is 0 Å². The number of nitrogens with one attached hydrogen (secondary N) is 2. The molecule has 0 fully saturated rings. The molecule has 2 N–H and O–H groups in total. The lowest BCUT2D eigenvalue weighted by molar-refractivity contribution is -0.125. The Labute approximate surface area is 143 Å². The maximum Gasteiger partial charge on any atom is 0.230 e. The molecule has 0 aliphatic carbocycles. The quantitative estimate of drug-likeness (QED) is 0.730. The molecule has 0 aliphatic heterocycles. The van der Waals surface area contributed by atoms with E-state index < -0.39 is 5.41 Å². The average molecular weight is 320 g/mol. The number of H-pyrrole nitrogens is 1. The Morgan fingerprint density at radius 1 is 1.08 bits per heavy atom. The number of carbonyl (C=O) groups excluding carboxylic acids is 1. The fourth-order valence-corrected chi connectivity index (χ4v) is 2.97. The molecule has 124 valence electrons. The highest BCUT2D eigenvalue weighted by atomic mass is 16.2. The highest BCUT2D eigenvalue weighted by molar-refractivity contribution is 5.87. The highest BCUT2D eigenvalue weighted by Crippen LogP contribution is 2.24. The summed E-state index contributed by atoms with van der Waals surface area (Å²) < 4.78 is 0. The molecule has 0 unspecified atom stereocenters. The molecule has 0 saturated heterocycles. The third kappa shape index (κ3) is 3.21. The van der Waals surface area contributed by atoms with Gasteiger partial charge in [0.1, 0.15) is 0 Å². The molecule has 1 heterocycles. The van der Waals surface area contributed by atoms with Gasteiger partial charge in [-0.15, -0.1) is 0 Å². The molecule has 3 heteroatoms. The molecule has 3 nitrogen and oxygen atoms in total. The van der Waals surface area contributed by atoms with Crippen molar-refractivity contribution in [2.24, 2.45) is 0 Å². The summed E-state index contributed by atoms with van der Waals surface area (Å²) in [7, 11) is 0. The first-order valence-corrected chi connectivity index (χ1v) is 8.39. The normalized spacial score (nSPS) is 11.6. The lowest BCUT2D eigenvalue weighted by Crippen LogP contribution is -2.40. The lowest BCUT2D eigenvalue weighted by Gasteiger charge is -2.24. The summed E-state index contributed by atoms with van der Waals surface area (Å²) in [5.74, 6) is 0.0613. The SMILES string of the molecule is Cc1ccc(C(C)(C)C(=O)NCCc2c[nH]c3ccccc23)cc1. The Morgan fingerprint density at radius 3 is 2.54 bits per heavy atom. The van der Waals surface area contributed by atoms with E-state index in [2.05, 4.69) is 41.5 Å². The third-order valence-electron chi connectivity index (χ3n) is 4.70. The van der Waals surface area contributed by atoms with Gasteiger partial charge in [-0.05, 0) is 44.4 Å². The van der Waals surface area contributed by atoms with Crippen molar-refractivity contribution < 1.29 is 4.79 Å². The average Bonchev–Trinajstić information content (AvgIpc) is 2.98. The number of hydrogen-bond donors (Lipinski definition) is 2. The summed E-state index contributed by atoms with van der Waals surface area (Å²) in [5, 5.41) is 4.31. The first-order valence-electron chi connectivity index (χ1n) is 8.39. The van der Waals surface area contributed by atoms with E-state index in [9.17, 15) is 4.79 Å². The molecule has 2 aromatic carbocycles. The van der Waals surface area contributed by atoms with Crippen LogP contribution in [0.4, 0.5) is 0 Å². The predicted octanol–water partition coefficient (Wildman–Crippen LogP) is 4.11. The molecule has 3 aromatic rings. The van der Waals surface area contributed by atoms with Gasteiger partial charge in [-0.1, -0.05) is 48.0 Å². The van der Waals surface area contributed by atoms with Crippen LogP contribution in [0.1, 0.15) is 30.5 Å². The zero-order valence-corrected chi connectivity index (χ0v) is 14.5. The van der Waals surface area contributed by atoms with Crippen molar-refractivity contribution in [1.29, 1.82) is 0 Å². The zero-order valence-electron chi connectivity index (χ0n) is 14.5. The van der Waals surface area contributed by atoms with Crippen molar-refractivity contribution in [3.05, 3.63) is 71.4 Å². The second-order valence-corrected chi connectivity index (χ2v) is 6.86. The summed E-state index contributed by atoms with van der Waals surface area (Å²) in [5.41, 5.74) is 4.08.